The van der Waals surface area contributed by atoms with Crippen LogP contribution in [0.2, 0.25) is 0 Å². The lowest BCUT2D eigenvalue weighted by molar-refractivity contribution is 0.528. The molecular formula is C14H11BrF3N. The van der Waals surface area contributed by atoms with Crippen LogP contribution in [0.25, 0.3) is 0 Å². The van der Waals surface area contributed by atoms with Crippen molar-refractivity contribution in [3.63, 3.8) is 0 Å². The van der Waals surface area contributed by atoms with Crippen LogP contribution in [0.1, 0.15) is 17.2 Å². The number of hydrogen-bond acceptors (Lipinski definition) is 1. The summed E-state index contributed by atoms with van der Waals surface area (Å²) in [6.07, 6.45) is -0.100. The van der Waals surface area contributed by atoms with E-state index >= 15 is 0 Å². The lowest BCUT2D eigenvalue weighted by Gasteiger charge is -2.14. The van der Waals surface area contributed by atoms with Gasteiger partial charge in [-0.2, -0.15) is 0 Å². The van der Waals surface area contributed by atoms with E-state index in [4.69, 9.17) is 5.73 Å². The van der Waals surface area contributed by atoms with Crippen LogP contribution >= 0.6 is 15.9 Å². The molecule has 5 heteroatoms. The Kier molecular flexibility index (Phi) is 4.27. The third kappa shape index (κ3) is 3.16. The molecule has 0 heterocycles. The van der Waals surface area contributed by atoms with Crippen LogP contribution < -0.4 is 5.73 Å². The van der Waals surface area contributed by atoms with Crippen molar-refractivity contribution in [1.29, 1.82) is 0 Å². The van der Waals surface area contributed by atoms with Crippen molar-refractivity contribution in [3.8, 4) is 0 Å². The predicted molar refractivity (Wildman–Crippen MR) is 71.1 cm³/mol. The Bertz CT molecular complexity index is 581. The molecule has 2 N–H and O–H groups in total. The van der Waals surface area contributed by atoms with Gasteiger partial charge in [-0.05, 0) is 30.7 Å². The number of halogens is 4. The summed E-state index contributed by atoms with van der Waals surface area (Å²) < 4.78 is 41.3. The average molecular weight is 330 g/mol. The fourth-order valence-electron chi connectivity index (χ4n) is 1.86. The molecule has 1 unspecified atom stereocenters. The highest BCUT2D eigenvalue weighted by atomic mass is 79.9. The van der Waals surface area contributed by atoms with E-state index in [0.717, 1.165) is 12.1 Å². The van der Waals surface area contributed by atoms with Crippen molar-refractivity contribution < 1.29 is 13.2 Å². The van der Waals surface area contributed by atoms with Crippen molar-refractivity contribution >= 4 is 15.9 Å². The molecule has 0 aromatic heterocycles. The molecule has 2 rings (SSSR count). The fourth-order valence-corrected chi connectivity index (χ4v) is 2.19. The van der Waals surface area contributed by atoms with Crippen LogP contribution in [-0.2, 0) is 6.42 Å². The molecule has 0 amide bonds. The van der Waals surface area contributed by atoms with Gasteiger partial charge in [-0.3, -0.25) is 0 Å². The van der Waals surface area contributed by atoms with E-state index in [2.05, 4.69) is 15.9 Å². The predicted octanol–water partition coefficient (Wildman–Crippen LogP) is 4.11. The minimum atomic E-state index is -0.806. The molecule has 100 valence electrons. The summed E-state index contributed by atoms with van der Waals surface area (Å²) in [6.45, 7) is 0. The standard InChI is InChI=1S/C14H11BrF3N/c15-8-4-5-9(13(18)6-8)14(19)7-10-11(16)2-1-3-12(10)17/h1-6,14H,7,19H2. The van der Waals surface area contributed by atoms with E-state index < -0.39 is 23.5 Å². The molecule has 2 aromatic rings. The molecule has 2 aromatic carbocycles. The van der Waals surface area contributed by atoms with E-state index in [1.165, 1.54) is 18.2 Å². The van der Waals surface area contributed by atoms with Gasteiger partial charge in [0.25, 0.3) is 0 Å². The van der Waals surface area contributed by atoms with Gasteiger partial charge in [0.1, 0.15) is 17.5 Å². The first-order valence-corrected chi connectivity index (χ1v) is 6.41. The Morgan fingerprint density at radius 1 is 1.00 bits per heavy atom. The van der Waals surface area contributed by atoms with Crippen molar-refractivity contribution in [3.05, 3.63) is 69.4 Å². The second kappa shape index (κ2) is 5.75. The van der Waals surface area contributed by atoms with Gasteiger partial charge in [-0.1, -0.05) is 28.1 Å². The molecule has 0 aliphatic rings. The van der Waals surface area contributed by atoms with Crippen LogP contribution in [0.15, 0.2) is 40.9 Å². The number of nitrogens with two attached hydrogens (primary N) is 1. The zero-order valence-electron chi connectivity index (χ0n) is 9.84. The summed E-state index contributed by atoms with van der Waals surface area (Å²) in [5.74, 6) is -1.85. The summed E-state index contributed by atoms with van der Waals surface area (Å²) in [5.41, 5.74) is 5.93. The summed E-state index contributed by atoms with van der Waals surface area (Å²) in [5, 5.41) is 0. The minimum absolute atomic E-state index is 0.100. The van der Waals surface area contributed by atoms with Gasteiger partial charge in [0.2, 0.25) is 0 Å². The Balaban J connectivity index is 2.28. The molecule has 19 heavy (non-hydrogen) atoms. The Morgan fingerprint density at radius 2 is 1.63 bits per heavy atom. The molecule has 0 aliphatic carbocycles. The topological polar surface area (TPSA) is 26.0 Å². The Hall–Kier alpha value is -1.33. The van der Waals surface area contributed by atoms with E-state index in [9.17, 15) is 13.2 Å². The van der Waals surface area contributed by atoms with Gasteiger partial charge in [0.05, 0.1) is 0 Å². The van der Waals surface area contributed by atoms with Crippen LogP contribution in [-0.4, -0.2) is 0 Å². The maximum Gasteiger partial charge on any atom is 0.129 e. The SMILES string of the molecule is NC(Cc1c(F)cccc1F)c1ccc(Br)cc1F. The first kappa shape index (κ1) is 14.1. The summed E-state index contributed by atoms with van der Waals surface area (Å²) in [7, 11) is 0. The monoisotopic (exact) mass is 329 g/mol. The highest BCUT2D eigenvalue weighted by Gasteiger charge is 2.17. The van der Waals surface area contributed by atoms with Crippen molar-refractivity contribution in [2.45, 2.75) is 12.5 Å². The molecule has 0 aliphatic heterocycles. The van der Waals surface area contributed by atoms with Crippen LogP contribution in [0.4, 0.5) is 13.2 Å². The van der Waals surface area contributed by atoms with Gasteiger partial charge < -0.3 is 5.73 Å². The first-order chi connectivity index (χ1) is 8.99. The number of hydrogen-bond donors (Lipinski definition) is 1. The van der Waals surface area contributed by atoms with Gasteiger partial charge in [-0.15, -0.1) is 0 Å². The highest BCUT2D eigenvalue weighted by molar-refractivity contribution is 9.10. The largest absolute Gasteiger partial charge is 0.324 e. The fraction of sp³-hybridized carbons (Fsp3) is 0.143. The summed E-state index contributed by atoms with van der Waals surface area (Å²) in [6, 6.07) is 7.19. The van der Waals surface area contributed by atoms with Crippen LogP contribution in [0.3, 0.4) is 0 Å². The molecule has 0 spiro atoms. The molecule has 0 radical (unpaired) electrons. The zero-order chi connectivity index (χ0) is 14.0. The van der Waals surface area contributed by atoms with Crippen molar-refractivity contribution in [1.82, 2.24) is 0 Å². The van der Waals surface area contributed by atoms with Gasteiger partial charge in [-0.25, -0.2) is 13.2 Å². The quantitative estimate of drug-likeness (QED) is 0.901. The smallest absolute Gasteiger partial charge is 0.129 e. The van der Waals surface area contributed by atoms with Crippen molar-refractivity contribution in [2.24, 2.45) is 5.73 Å². The lowest BCUT2D eigenvalue weighted by atomic mass is 9.98. The second-order valence-corrected chi connectivity index (χ2v) is 5.09. The molecule has 0 fully saturated rings. The molecule has 1 nitrogen and oxygen atoms in total. The van der Waals surface area contributed by atoms with Gasteiger partial charge >= 0.3 is 0 Å². The zero-order valence-corrected chi connectivity index (χ0v) is 11.4. The minimum Gasteiger partial charge on any atom is -0.324 e. The Morgan fingerprint density at radius 3 is 2.21 bits per heavy atom. The third-order valence-electron chi connectivity index (χ3n) is 2.85. The van der Waals surface area contributed by atoms with Crippen molar-refractivity contribution in [2.75, 3.05) is 0 Å². The molecule has 0 bridgehead atoms. The maximum absolute atomic E-state index is 13.7. The van der Waals surface area contributed by atoms with E-state index in [-0.39, 0.29) is 17.5 Å². The molecule has 1 atom stereocenters. The van der Waals surface area contributed by atoms with E-state index in [1.807, 2.05) is 0 Å². The summed E-state index contributed by atoms with van der Waals surface area (Å²) >= 11 is 3.13. The number of benzene rings is 2. The van der Waals surface area contributed by atoms with E-state index in [0.29, 0.717) is 4.47 Å². The first-order valence-electron chi connectivity index (χ1n) is 5.62. The van der Waals surface area contributed by atoms with Gasteiger partial charge in [0.15, 0.2) is 0 Å². The average Bonchev–Trinajstić information content (AvgIpc) is 2.33. The van der Waals surface area contributed by atoms with Crippen LogP contribution in [0, 0.1) is 17.5 Å². The Labute approximate surface area is 117 Å². The highest BCUT2D eigenvalue weighted by Crippen LogP contribution is 2.24. The van der Waals surface area contributed by atoms with E-state index in [1.54, 1.807) is 6.07 Å². The number of rotatable bonds is 3. The second-order valence-electron chi connectivity index (χ2n) is 4.18. The maximum atomic E-state index is 13.7. The molecular weight excluding hydrogens is 319 g/mol. The molecule has 0 saturated heterocycles. The molecule has 0 saturated carbocycles. The third-order valence-corrected chi connectivity index (χ3v) is 3.34. The lowest BCUT2D eigenvalue weighted by Crippen LogP contribution is -2.16. The normalized spacial score (nSPS) is 12.5. The van der Waals surface area contributed by atoms with Gasteiger partial charge in [0, 0.05) is 21.6 Å². The van der Waals surface area contributed by atoms with Crippen LogP contribution in [0.5, 0.6) is 0 Å². The summed E-state index contributed by atoms with van der Waals surface area (Å²) in [4.78, 5) is 0.